The lowest BCUT2D eigenvalue weighted by Gasteiger charge is -2.36. The number of hydrogen-bond acceptors (Lipinski definition) is 6. The van der Waals surface area contributed by atoms with Crippen molar-refractivity contribution in [3.63, 3.8) is 0 Å². The fourth-order valence-electron chi connectivity index (χ4n) is 5.72. The summed E-state index contributed by atoms with van der Waals surface area (Å²) in [5.41, 5.74) is 6.89. The number of rotatable bonds is 3. The van der Waals surface area contributed by atoms with Gasteiger partial charge in [-0.1, -0.05) is 6.07 Å². The van der Waals surface area contributed by atoms with E-state index in [4.69, 9.17) is 4.74 Å². The SMILES string of the molecule is Cc1cc(C2CCN([C@H]3CCNC3)CC2)cc2c1OCc1c(-c3cnn(C)c3)ccnc1N2. The predicted octanol–water partition coefficient (Wildman–Crippen LogP) is 3.97. The van der Waals surface area contributed by atoms with Gasteiger partial charge in [0.05, 0.1) is 11.9 Å². The molecule has 0 bridgehead atoms. The standard InChI is InChI=1S/C26H32N6O/c1-17-11-19(18-5-9-32(10-6-18)21-3-7-27-14-21)12-24-25(17)33-16-23-22(4-8-28-26(23)30-24)20-13-29-31(2)15-20/h4,8,11-13,15,18,21,27H,3,5-7,9-10,14,16H2,1-2H3,(H,28,30)/t21-/m0/s1. The smallest absolute Gasteiger partial charge is 0.146 e. The molecule has 3 aliphatic rings. The summed E-state index contributed by atoms with van der Waals surface area (Å²) in [4.78, 5) is 7.35. The first-order valence-electron chi connectivity index (χ1n) is 12.1. The molecule has 33 heavy (non-hydrogen) atoms. The number of likely N-dealkylation sites (tertiary alicyclic amines) is 1. The van der Waals surface area contributed by atoms with Crippen molar-refractivity contribution in [2.24, 2.45) is 7.05 Å². The molecule has 2 fully saturated rings. The molecule has 7 nitrogen and oxygen atoms in total. The fraction of sp³-hybridized carbons (Fsp3) is 0.462. The topological polar surface area (TPSA) is 67.2 Å². The number of nitrogens with zero attached hydrogens (tertiary/aromatic N) is 4. The van der Waals surface area contributed by atoms with Gasteiger partial charge in [0.1, 0.15) is 18.2 Å². The minimum atomic E-state index is 0.488. The quantitative estimate of drug-likeness (QED) is 0.637. The summed E-state index contributed by atoms with van der Waals surface area (Å²) in [6.45, 7) is 7.34. The Labute approximate surface area is 195 Å². The van der Waals surface area contributed by atoms with Gasteiger partial charge in [0.2, 0.25) is 0 Å². The van der Waals surface area contributed by atoms with E-state index in [2.05, 4.69) is 44.7 Å². The summed E-state index contributed by atoms with van der Waals surface area (Å²) in [6, 6.07) is 7.41. The summed E-state index contributed by atoms with van der Waals surface area (Å²) < 4.78 is 8.18. The summed E-state index contributed by atoms with van der Waals surface area (Å²) in [5, 5.41) is 11.5. The van der Waals surface area contributed by atoms with Gasteiger partial charge in [0, 0.05) is 43.2 Å². The van der Waals surface area contributed by atoms with Crippen LogP contribution < -0.4 is 15.4 Å². The minimum Gasteiger partial charge on any atom is -0.486 e. The third kappa shape index (κ3) is 3.89. The second kappa shape index (κ2) is 8.47. The van der Waals surface area contributed by atoms with E-state index in [1.165, 1.54) is 43.5 Å². The molecule has 2 aromatic heterocycles. The van der Waals surface area contributed by atoms with E-state index in [0.717, 1.165) is 53.1 Å². The van der Waals surface area contributed by atoms with E-state index in [1.54, 1.807) is 0 Å². The van der Waals surface area contributed by atoms with E-state index in [-0.39, 0.29) is 0 Å². The van der Waals surface area contributed by atoms with Gasteiger partial charge in [0.15, 0.2) is 0 Å². The Bertz CT molecular complexity index is 1160. The van der Waals surface area contributed by atoms with Crippen LogP contribution in [0.4, 0.5) is 11.5 Å². The van der Waals surface area contributed by atoms with Crippen LogP contribution in [-0.2, 0) is 13.7 Å². The normalized spacial score (nSPS) is 21.1. The molecule has 3 aliphatic heterocycles. The van der Waals surface area contributed by atoms with Crippen LogP contribution in [0.3, 0.4) is 0 Å². The fourth-order valence-corrected chi connectivity index (χ4v) is 5.72. The summed E-state index contributed by atoms with van der Waals surface area (Å²) >= 11 is 0. The van der Waals surface area contributed by atoms with E-state index < -0.39 is 0 Å². The molecule has 3 aromatic rings. The maximum Gasteiger partial charge on any atom is 0.146 e. The first kappa shape index (κ1) is 20.7. The Morgan fingerprint density at radius 2 is 2.03 bits per heavy atom. The Morgan fingerprint density at radius 3 is 2.79 bits per heavy atom. The van der Waals surface area contributed by atoms with Crippen molar-refractivity contribution in [2.75, 3.05) is 31.5 Å². The van der Waals surface area contributed by atoms with Crippen LogP contribution in [0.5, 0.6) is 5.75 Å². The number of hydrogen-bond donors (Lipinski definition) is 2. The van der Waals surface area contributed by atoms with Crippen LogP contribution in [-0.4, -0.2) is 51.9 Å². The van der Waals surface area contributed by atoms with Gasteiger partial charge in [-0.3, -0.25) is 9.58 Å². The number of ether oxygens (including phenoxy) is 1. The average molecular weight is 445 g/mol. The maximum atomic E-state index is 6.36. The highest BCUT2D eigenvalue weighted by Gasteiger charge is 2.29. The highest BCUT2D eigenvalue weighted by Crippen LogP contribution is 2.42. The van der Waals surface area contributed by atoms with Gasteiger partial charge in [-0.05, 0) is 80.6 Å². The second-order valence-electron chi connectivity index (χ2n) is 9.67. The molecule has 0 spiro atoms. The lowest BCUT2D eigenvalue weighted by Crippen LogP contribution is -2.42. The highest BCUT2D eigenvalue weighted by molar-refractivity contribution is 5.77. The first-order valence-corrected chi connectivity index (χ1v) is 12.1. The van der Waals surface area contributed by atoms with Crippen LogP contribution in [0.25, 0.3) is 11.1 Å². The number of benzene rings is 1. The van der Waals surface area contributed by atoms with Gasteiger partial charge in [-0.25, -0.2) is 4.98 Å². The number of fused-ring (bicyclic) bond motifs is 2. The largest absolute Gasteiger partial charge is 0.486 e. The number of piperidine rings is 1. The zero-order valence-electron chi connectivity index (χ0n) is 19.5. The third-order valence-electron chi connectivity index (χ3n) is 7.53. The predicted molar refractivity (Wildman–Crippen MR) is 130 cm³/mol. The van der Waals surface area contributed by atoms with E-state index in [1.807, 2.05) is 36.4 Å². The van der Waals surface area contributed by atoms with Crippen LogP contribution in [0.2, 0.25) is 0 Å². The van der Waals surface area contributed by atoms with Crippen LogP contribution in [0, 0.1) is 6.92 Å². The van der Waals surface area contributed by atoms with Crippen molar-refractivity contribution >= 4 is 11.5 Å². The molecule has 2 saturated heterocycles. The molecule has 1 aromatic carbocycles. The number of nitrogens with one attached hydrogen (secondary N) is 2. The third-order valence-corrected chi connectivity index (χ3v) is 7.53. The number of aryl methyl sites for hydroxylation is 2. The molecule has 1 atom stereocenters. The minimum absolute atomic E-state index is 0.488. The van der Waals surface area contributed by atoms with Crippen molar-refractivity contribution < 1.29 is 4.74 Å². The molecule has 0 aliphatic carbocycles. The Balaban J connectivity index is 1.26. The molecule has 172 valence electrons. The average Bonchev–Trinajstić information content (AvgIpc) is 3.47. The molecule has 5 heterocycles. The number of pyridine rings is 1. The van der Waals surface area contributed by atoms with Gasteiger partial charge in [0.25, 0.3) is 0 Å². The lowest BCUT2D eigenvalue weighted by molar-refractivity contribution is 0.161. The molecular formula is C26H32N6O. The molecule has 0 saturated carbocycles. The van der Waals surface area contributed by atoms with Crippen molar-refractivity contribution in [1.29, 1.82) is 0 Å². The van der Waals surface area contributed by atoms with E-state index in [0.29, 0.717) is 12.5 Å². The highest BCUT2D eigenvalue weighted by atomic mass is 16.5. The maximum absolute atomic E-state index is 6.36. The van der Waals surface area contributed by atoms with Crippen molar-refractivity contribution in [3.8, 4) is 16.9 Å². The van der Waals surface area contributed by atoms with Crippen molar-refractivity contribution in [1.82, 2.24) is 25.0 Å². The molecule has 7 heteroatoms. The Hall–Kier alpha value is -2.90. The van der Waals surface area contributed by atoms with E-state index >= 15 is 0 Å². The Kier molecular flexibility index (Phi) is 5.31. The zero-order chi connectivity index (χ0) is 22.4. The van der Waals surface area contributed by atoms with E-state index in [9.17, 15) is 0 Å². The summed E-state index contributed by atoms with van der Waals surface area (Å²) in [5.74, 6) is 2.40. The molecule has 0 amide bonds. The number of anilines is 2. The van der Waals surface area contributed by atoms with Crippen molar-refractivity contribution in [2.45, 2.75) is 44.8 Å². The van der Waals surface area contributed by atoms with Crippen LogP contribution >= 0.6 is 0 Å². The number of aromatic nitrogens is 3. The molecule has 6 rings (SSSR count). The van der Waals surface area contributed by atoms with Gasteiger partial charge in [-0.2, -0.15) is 5.10 Å². The monoisotopic (exact) mass is 444 g/mol. The van der Waals surface area contributed by atoms with Gasteiger partial charge >= 0.3 is 0 Å². The van der Waals surface area contributed by atoms with Crippen molar-refractivity contribution in [3.05, 3.63) is 53.5 Å². The molecule has 0 radical (unpaired) electrons. The van der Waals surface area contributed by atoms with Gasteiger partial charge in [-0.15, -0.1) is 0 Å². The molecular weight excluding hydrogens is 412 g/mol. The first-order chi connectivity index (χ1) is 16.2. The molecule has 2 N–H and O–H groups in total. The zero-order valence-corrected chi connectivity index (χ0v) is 19.5. The Morgan fingerprint density at radius 1 is 1.15 bits per heavy atom. The van der Waals surface area contributed by atoms with Gasteiger partial charge < -0.3 is 15.4 Å². The lowest BCUT2D eigenvalue weighted by atomic mass is 9.87. The van der Waals surface area contributed by atoms with Crippen LogP contribution in [0.1, 0.15) is 41.9 Å². The van der Waals surface area contributed by atoms with Crippen LogP contribution in [0.15, 0.2) is 36.8 Å². The molecule has 0 unspecified atom stereocenters. The second-order valence-corrected chi connectivity index (χ2v) is 9.67. The summed E-state index contributed by atoms with van der Waals surface area (Å²) in [7, 11) is 1.94. The summed E-state index contributed by atoms with van der Waals surface area (Å²) in [6.07, 6.45) is 9.52.